The minimum Gasteiger partial charge on any atom is -0.493 e. The van der Waals surface area contributed by atoms with E-state index in [9.17, 15) is 13.6 Å². The second-order valence-electron chi connectivity index (χ2n) is 5.32. The second kappa shape index (κ2) is 9.29. The summed E-state index contributed by atoms with van der Waals surface area (Å²) in [5.74, 6) is 0.0958. The summed E-state index contributed by atoms with van der Waals surface area (Å²) in [7, 11) is 1.38. The monoisotopic (exact) mass is 330 g/mol. The summed E-state index contributed by atoms with van der Waals surface area (Å²) >= 11 is 0. The fourth-order valence-electron chi connectivity index (χ4n) is 2.02. The van der Waals surface area contributed by atoms with Gasteiger partial charge in [0, 0.05) is 6.54 Å². The molecule has 23 heavy (non-hydrogen) atoms. The molecule has 3 N–H and O–H groups in total. The van der Waals surface area contributed by atoms with Crippen LogP contribution in [0.15, 0.2) is 18.2 Å². The van der Waals surface area contributed by atoms with Gasteiger partial charge >= 0.3 is 6.61 Å². The normalized spacial score (nSPS) is 13.5. The first-order valence-electron chi connectivity index (χ1n) is 7.54. The zero-order chi connectivity index (χ0) is 17.4. The topological polar surface area (TPSA) is 73.6 Å². The van der Waals surface area contributed by atoms with Gasteiger partial charge in [-0.1, -0.05) is 26.3 Å². The lowest BCUT2D eigenvalue weighted by atomic mass is 9.99. The van der Waals surface area contributed by atoms with E-state index in [1.165, 1.54) is 13.2 Å². The molecule has 0 fully saturated rings. The highest BCUT2D eigenvalue weighted by Crippen LogP contribution is 2.29. The molecule has 1 aromatic rings. The van der Waals surface area contributed by atoms with Gasteiger partial charge in [-0.3, -0.25) is 4.79 Å². The van der Waals surface area contributed by atoms with Crippen LogP contribution in [0.3, 0.4) is 0 Å². The van der Waals surface area contributed by atoms with Gasteiger partial charge in [-0.15, -0.1) is 0 Å². The van der Waals surface area contributed by atoms with Crippen molar-refractivity contribution in [3.8, 4) is 11.5 Å². The van der Waals surface area contributed by atoms with Crippen LogP contribution < -0.4 is 20.5 Å². The average molecular weight is 330 g/mol. The Hall–Kier alpha value is -1.89. The lowest BCUT2D eigenvalue weighted by molar-refractivity contribution is -0.123. The van der Waals surface area contributed by atoms with Crippen LogP contribution in [0.25, 0.3) is 0 Å². The third-order valence-corrected chi connectivity index (χ3v) is 3.72. The molecule has 5 nitrogen and oxygen atoms in total. The van der Waals surface area contributed by atoms with Crippen molar-refractivity contribution in [1.29, 1.82) is 0 Å². The predicted octanol–water partition coefficient (Wildman–Crippen LogP) is 2.33. The predicted molar refractivity (Wildman–Crippen MR) is 83.8 cm³/mol. The van der Waals surface area contributed by atoms with Gasteiger partial charge in [0.2, 0.25) is 5.91 Å². The van der Waals surface area contributed by atoms with Crippen LogP contribution in [0.5, 0.6) is 11.5 Å². The molecular weight excluding hydrogens is 306 g/mol. The van der Waals surface area contributed by atoms with Gasteiger partial charge in [-0.05, 0) is 30.0 Å². The van der Waals surface area contributed by atoms with Crippen molar-refractivity contribution in [3.05, 3.63) is 23.8 Å². The van der Waals surface area contributed by atoms with Crippen molar-refractivity contribution in [2.75, 3.05) is 13.7 Å². The molecule has 0 heterocycles. The van der Waals surface area contributed by atoms with Crippen LogP contribution >= 0.6 is 0 Å². The van der Waals surface area contributed by atoms with Crippen molar-refractivity contribution in [2.24, 2.45) is 11.7 Å². The third-order valence-electron chi connectivity index (χ3n) is 3.72. The molecule has 0 aliphatic carbocycles. The van der Waals surface area contributed by atoms with Crippen molar-refractivity contribution >= 4 is 5.91 Å². The SMILES string of the molecule is CCC(C)C(N)C(=O)NCCc1ccc(OC)c(OC(F)F)c1. The van der Waals surface area contributed by atoms with Crippen LogP contribution in [-0.4, -0.2) is 32.2 Å². The molecule has 2 atom stereocenters. The maximum Gasteiger partial charge on any atom is 0.387 e. The van der Waals surface area contributed by atoms with Gasteiger partial charge in [0.15, 0.2) is 11.5 Å². The quantitative estimate of drug-likeness (QED) is 0.729. The van der Waals surface area contributed by atoms with E-state index in [-0.39, 0.29) is 23.3 Å². The molecule has 1 aromatic carbocycles. The number of alkyl halides is 2. The largest absolute Gasteiger partial charge is 0.493 e. The number of nitrogens with one attached hydrogen (secondary N) is 1. The van der Waals surface area contributed by atoms with Gasteiger partial charge in [0.05, 0.1) is 13.2 Å². The molecule has 1 rings (SSSR count). The van der Waals surface area contributed by atoms with Crippen molar-refractivity contribution in [2.45, 2.75) is 39.3 Å². The Morgan fingerprint density at radius 2 is 2.04 bits per heavy atom. The number of hydrogen-bond donors (Lipinski definition) is 2. The molecule has 0 spiro atoms. The summed E-state index contributed by atoms with van der Waals surface area (Å²) in [6.45, 7) is 1.33. The minimum atomic E-state index is -2.92. The molecule has 0 saturated carbocycles. The van der Waals surface area contributed by atoms with Crippen LogP contribution in [0.2, 0.25) is 0 Å². The van der Waals surface area contributed by atoms with Crippen molar-refractivity contribution in [1.82, 2.24) is 5.32 Å². The number of methoxy groups -OCH3 is 1. The Morgan fingerprint density at radius 3 is 2.61 bits per heavy atom. The van der Waals surface area contributed by atoms with Gasteiger partial charge in [0.25, 0.3) is 0 Å². The second-order valence-corrected chi connectivity index (χ2v) is 5.32. The Balaban J connectivity index is 2.59. The maximum atomic E-state index is 12.4. The van der Waals surface area contributed by atoms with Crippen molar-refractivity contribution in [3.63, 3.8) is 0 Å². The summed E-state index contributed by atoms with van der Waals surface area (Å²) in [5, 5.41) is 2.75. The Kier molecular flexibility index (Phi) is 7.74. The lowest BCUT2D eigenvalue weighted by Crippen LogP contribution is -2.45. The van der Waals surface area contributed by atoms with E-state index in [0.29, 0.717) is 13.0 Å². The molecular formula is C16H24F2N2O3. The Labute approximate surface area is 135 Å². The molecule has 0 saturated heterocycles. The first kappa shape index (κ1) is 19.2. The number of carbonyl (C=O) groups is 1. The number of rotatable bonds is 9. The van der Waals surface area contributed by atoms with E-state index in [0.717, 1.165) is 12.0 Å². The number of carbonyl (C=O) groups excluding carboxylic acids is 1. The standard InChI is InChI=1S/C16H24F2N2O3/c1-4-10(2)14(19)15(21)20-8-7-11-5-6-12(22-3)13(9-11)23-16(17)18/h5-6,9-10,14,16H,4,7-8,19H2,1-3H3,(H,20,21). The Morgan fingerprint density at radius 1 is 1.35 bits per heavy atom. The van der Waals surface area contributed by atoms with Gasteiger partial charge in [-0.2, -0.15) is 8.78 Å². The van der Waals surface area contributed by atoms with Crippen LogP contribution in [0.1, 0.15) is 25.8 Å². The zero-order valence-corrected chi connectivity index (χ0v) is 13.6. The number of halogens is 2. The van der Waals surface area contributed by atoms with E-state index in [1.54, 1.807) is 12.1 Å². The molecule has 0 aliphatic heterocycles. The summed E-state index contributed by atoms with van der Waals surface area (Å²) < 4.78 is 34.1. The van der Waals surface area contributed by atoms with Crippen LogP contribution in [0.4, 0.5) is 8.78 Å². The number of nitrogens with two attached hydrogens (primary N) is 1. The molecule has 130 valence electrons. The molecule has 0 radical (unpaired) electrons. The highest BCUT2D eigenvalue weighted by atomic mass is 19.3. The average Bonchev–Trinajstić information content (AvgIpc) is 2.53. The van der Waals surface area contributed by atoms with E-state index >= 15 is 0 Å². The third kappa shape index (κ3) is 6.02. The maximum absolute atomic E-state index is 12.4. The minimum absolute atomic E-state index is 0.0253. The molecule has 1 amide bonds. The summed E-state index contributed by atoms with van der Waals surface area (Å²) in [5.41, 5.74) is 6.58. The number of benzene rings is 1. The summed E-state index contributed by atoms with van der Waals surface area (Å²) in [4.78, 5) is 11.9. The molecule has 0 aliphatic rings. The van der Waals surface area contributed by atoms with Crippen LogP contribution in [0, 0.1) is 5.92 Å². The van der Waals surface area contributed by atoms with E-state index in [2.05, 4.69) is 10.1 Å². The smallest absolute Gasteiger partial charge is 0.387 e. The van der Waals surface area contributed by atoms with E-state index in [4.69, 9.17) is 10.5 Å². The van der Waals surface area contributed by atoms with Crippen LogP contribution in [-0.2, 0) is 11.2 Å². The fraction of sp³-hybridized carbons (Fsp3) is 0.562. The fourth-order valence-corrected chi connectivity index (χ4v) is 2.02. The number of ether oxygens (including phenoxy) is 2. The summed E-state index contributed by atoms with van der Waals surface area (Å²) in [6.07, 6.45) is 1.30. The number of hydrogen-bond acceptors (Lipinski definition) is 4. The molecule has 0 aromatic heterocycles. The molecule has 0 bridgehead atoms. The molecule has 2 unspecified atom stereocenters. The van der Waals surface area contributed by atoms with Gasteiger partial charge in [-0.25, -0.2) is 0 Å². The first-order valence-corrected chi connectivity index (χ1v) is 7.54. The van der Waals surface area contributed by atoms with Gasteiger partial charge < -0.3 is 20.5 Å². The van der Waals surface area contributed by atoms with E-state index in [1.807, 2.05) is 13.8 Å². The molecule has 7 heteroatoms. The highest BCUT2D eigenvalue weighted by Gasteiger charge is 2.18. The van der Waals surface area contributed by atoms with Crippen molar-refractivity contribution < 1.29 is 23.0 Å². The van der Waals surface area contributed by atoms with Gasteiger partial charge in [0.1, 0.15) is 0 Å². The Bertz CT molecular complexity index is 512. The lowest BCUT2D eigenvalue weighted by Gasteiger charge is -2.17. The summed E-state index contributed by atoms with van der Waals surface area (Å²) in [6, 6.07) is 4.22. The van der Waals surface area contributed by atoms with E-state index < -0.39 is 12.7 Å². The zero-order valence-electron chi connectivity index (χ0n) is 13.6. The first-order chi connectivity index (χ1) is 10.9. The number of amides is 1. The highest BCUT2D eigenvalue weighted by molar-refractivity contribution is 5.81.